The van der Waals surface area contributed by atoms with E-state index in [1.807, 2.05) is 25.1 Å². The number of pyridine rings is 1. The number of aromatic amines is 1. The molecule has 0 radical (unpaired) electrons. The molecule has 4 aromatic rings. The molecule has 0 unspecified atom stereocenters. The molecule has 1 amide bonds. The Hall–Kier alpha value is -3.89. The number of nitrogens with one attached hydrogen (secondary N) is 2. The minimum atomic E-state index is -4.52. The van der Waals surface area contributed by atoms with E-state index in [0.717, 1.165) is 36.4 Å². The van der Waals surface area contributed by atoms with E-state index < -0.39 is 17.5 Å². The molecule has 3 heterocycles. The molecule has 178 valence electrons. The maximum Gasteiger partial charge on any atom is 0.401 e. The summed E-state index contributed by atoms with van der Waals surface area (Å²) < 4.78 is 49.8. The summed E-state index contributed by atoms with van der Waals surface area (Å²) in [5.74, 6) is -0.399. The van der Waals surface area contributed by atoms with Crippen molar-refractivity contribution in [3.05, 3.63) is 53.9 Å². The molecular weight excluding hydrogens is 451 g/mol. The summed E-state index contributed by atoms with van der Waals surface area (Å²) in [4.78, 5) is 16.7. The predicted octanol–water partition coefficient (Wildman–Crippen LogP) is 5.03. The van der Waals surface area contributed by atoms with Crippen LogP contribution in [0.5, 0.6) is 5.88 Å². The number of fused-ring (bicyclic) bond motifs is 1. The van der Waals surface area contributed by atoms with Crippen LogP contribution < -0.4 is 10.1 Å². The number of alkyl halides is 3. The summed E-state index contributed by atoms with van der Waals surface area (Å²) in [6, 6.07) is 10.3. The number of carbonyl (C=O) groups excluding carboxylic acids is 1. The van der Waals surface area contributed by atoms with Crippen LogP contribution in [-0.2, 0) is 16.6 Å². The molecule has 0 fully saturated rings. The third kappa shape index (κ3) is 4.59. The number of nitrogens with zero attached hydrogens (tertiary/aromatic N) is 3. The van der Waals surface area contributed by atoms with E-state index in [1.165, 1.54) is 0 Å². The van der Waals surface area contributed by atoms with Gasteiger partial charge in [-0.1, -0.05) is 29.4 Å². The molecule has 4 rings (SSSR count). The molecule has 0 bridgehead atoms. The fourth-order valence-electron chi connectivity index (χ4n) is 3.24. The van der Waals surface area contributed by atoms with E-state index in [9.17, 15) is 18.0 Å². The van der Waals surface area contributed by atoms with Crippen LogP contribution in [0.1, 0.15) is 32.1 Å². The molecule has 0 aliphatic rings. The summed E-state index contributed by atoms with van der Waals surface area (Å²) in [7, 11) is 0. The summed E-state index contributed by atoms with van der Waals surface area (Å²) in [6.45, 7) is 4.32. The lowest BCUT2D eigenvalue weighted by atomic mass is 9.89. The van der Waals surface area contributed by atoms with Gasteiger partial charge in [-0.3, -0.25) is 9.89 Å². The number of ether oxygens (including phenoxy) is 1. The number of amides is 1. The summed E-state index contributed by atoms with van der Waals surface area (Å²) >= 11 is 0. The largest absolute Gasteiger partial charge is 0.476 e. The van der Waals surface area contributed by atoms with Gasteiger partial charge in [-0.15, -0.1) is 5.10 Å². The van der Waals surface area contributed by atoms with Gasteiger partial charge < -0.3 is 14.6 Å². The van der Waals surface area contributed by atoms with Crippen molar-refractivity contribution in [3.63, 3.8) is 0 Å². The van der Waals surface area contributed by atoms with Gasteiger partial charge in [0.2, 0.25) is 11.8 Å². The highest BCUT2D eigenvalue weighted by Crippen LogP contribution is 2.41. The minimum absolute atomic E-state index is 0.0125. The summed E-state index contributed by atoms with van der Waals surface area (Å²) in [5, 5.41) is 13.7. The zero-order valence-corrected chi connectivity index (χ0v) is 18.7. The van der Waals surface area contributed by atoms with Crippen LogP contribution in [-0.4, -0.2) is 39.0 Å². The van der Waals surface area contributed by atoms with Crippen LogP contribution >= 0.6 is 0 Å². The molecule has 34 heavy (non-hydrogen) atoms. The van der Waals surface area contributed by atoms with E-state index >= 15 is 0 Å². The molecule has 0 saturated heterocycles. The van der Waals surface area contributed by atoms with Crippen LogP contribution in [0.2, 0.25) is 0 Å². The minimum Gasteiger partial charge on any atom is -0.476 e. The van der Waals surface area contributed by atoms with Crippen molar-refractivity contribution in [2.75, 3.05) is 11.9 Å². The molecular formula is C23H22F3N5O3. The monoisotopic (exact) mass is 473 g/mol. The van der Waals surface area contributed by atoms with Crippen molar-refractivity contribution in [1.82, 2.24) is 20.3 Å². The molecule has 8 nitrogen and oxygen atoms in total. The molecule has 3 aromatic heterocycles. The SMILES string of the molecule is CCOc1n[nH]c2ncc(-c3ccc(CC(=O)Nc4cc(C(C)(C)C(F)(F)F)on4)cc3)cc12. The van der Waals surface area contributed by atoms with Crippen molar-refractivity contribution >= 4 is 22.8 Å². The van der Waals surface area contributed by atoms with Gasteiger partial charge in [0.1, 0.15) is 5.41 Å². The smallest absolute Gasteiger partial charge is 0.401 e. The Morgan fingerprint density at radius 3 is 2.56 bits per heavy atom. The van der Waals surface area contributed by atoms with Crippen molar-refractivity contribution in [2.45, 2.75) is 38.8 Å². The number of anilines is 1. The Kier molecular flexibility index (Phi) is 6.03. The first-order chi connectivity index (χ1) is 16.1. The van der Waals surface area contributed by atoms with Gasteiger partial charge in [0.05, 0.1) is 18.4 Å². The van der Waals surface area contributed by atoms with E-state index in [-0.39, 0.29) is 18.0 Å². The van der Waals surface area contributed by atoms with Gasteiger partial charge in [0.25, 0.3) is 0 Å². The fraction of sp³-hybridized carbons (Fsp3) is 0.304. The number of aromatic nitrogens is 4. The third-order valence-corrected chi connectivity index (χ3v) is 5.42. The highest BCUT2D eigenvalue weighted by atomic mass is 19.4. The van der Waals surface area contributed by atoms with E-state index in [4.69, 9.17) is 9.26 Å². The second kappa shape index (κ2) is 8.81. The van der Waals surface area contributed by atoms with Gasteiger partial charge in [-0.25, -0.2) is 4.98 Å². The fourth-order valence-corrected chi connectivity index (χ4v) is 3.24. The quantitative estimate of drug-likeness (QED) is 0.390. The standard InChI is InChI=1S/C23H22F3N5O3/c1-4-33-21-16-10-15(12-27-20(16)29-30-21)14-7-5-13(6-8-14)9-19(32)28-18-11-17(34-31-18)22(2,3)23(24,25)26/h5-8,10-12H,4,9H2,1-3H3,(H,27,29,30)(H,28,31,32). The second-order valence-corrected chi connectivity index (χ2v) is 8.20. The molecule has 11 heteroatoms. The van der Waals surface area contributed by atoms with Crippen molar-refractivity contribution < 1.29 is 27.2 Å². The van der Waals surface area contributed by atoms with Gasteiger partial charge in [0, 0.05) is 17.8 Å². The van der Waals surface area contributed by atoms with Crippen LogP contribution in [0, 0.1) is 0 Å². The van der Waals surface area contributed by atoms with Crippen LogP contribution in [0.15, 0.2) is 47.1 Å². The third-order valence-electron chi connectivity index (χ3n) is 5.42. The number of halogens is 3. The Morgan fingerprint density at radius 1 is 1.15 bits per heavy atom. The van der Waals surface area contributed by atoms with E-state index in [1.54, 1.807) is 18.3 Å². The highest BCUT2D eigenvalue weighted by molar-refractivity contribution is 5.91. The van der Waals surface area contributed by atoms with Crippen LogP contribution in [0.3, 0.4) is 0 Å². The van der Waals surface area contributed by atoms with Crippen LogP contribution in [0.25, 0.3) is 22.2 Å². The lowest BCUT2D eigenvalue weighted by Gasteiger charge is -2.24. The number of rotatable bonds is 7. The van der Waals surface area contributed by atoms with Crippen molar-refractivity contribution in [3.8, 4) is 17.0 Å². The van der Waals surface area contributed by atoms with Gasteiger partial charge in [0.15, 0.2) is 17.2 Å². The molecule has 0 aliphatic heterocycles. The maximum absolute atomic E-state index is 13.2. The average molecular weight is 473 g/mol. The van der Waals surface area contributed by atoms with E-state index in [2.05, 4.69) is 25.7 Å². The van der Waals surface area contributed by atoms with E-state index in [0.29, 0.717) is 23.7 Å². The van der Waals surface area contributed by atoms with Gasteiger partial charge in [-0.2, -0.15) is 13.2 Å². The molecule has 0 spiro atoms. The lowest BCUT2D eigenvalue weighted by molar-refractivity contribution is -0.185. The zero-order valence-electron chi connectivity index (χ0n) is 18.7. The number of benzene rings is 1. The lowest BCUT2D eigenvalue weighted by Crippen LogP contribution is -2.35. The first-order valence-electron chi connectivity index (χ1n) is 10.5. The number of hydrogen-bond acceptors (Lipinski definition) is 6. The molecule has 0 atom stereocenters. The second-order valence-electron chi connectivity index (χ2n) is 8.20. The van der Waals surface area contributed by atoms with Gasteiger partial charge in [-0.05, 0) is 38.0 Å². The Morgan fingerprint density at radius 2 is 1.88 bits per heavy atom. The highest BCUT2D eigenvalue weighted by Gasteiger charge is 2.51. The summed E-state index contributed by atoms with van der Waals surface area (Å²) in [5.41, 5.74) is 0.852. The van der Waals surface area contributed by atoms with Crippen molar-refractivity contribution in [2.24, 2.45) is 0 Å². The number of H-pyrrole nitrogens is 1. The Bertz CT molecular complexity index is 1310. The maximum atomic E-state index is 13.2. The number of carbonyl (C=O) groups is 1. The molecule has 1 aromatic carbocycles. The topological polar surface area (TPSA) is 106 Å². The van der Waals surface area contributed by atoms with Crippen LogP contribution in [0.4, 0.5) is 19.0 Å². The van der Waals surface area contributed by atoms with Gasteiger partial charge >= 0.3 is 6.18 Å². The first-order valence-corrected chi connectivity index (χ1v) is 10.5. The normalized spacial score (nSPS) is 12.2. The van der Waals surface area contributed by atoms with Crippen molar-refractivity contribution in [1.29, 1.82) is 0 Å². The molecule has 0 aliphatic carbocycles. The Balaban J connectivity index is 1.43. The Labute approximate surface area is 192 Å². The number of hydrogen-bond donors (Lipinski definition) is 2. The summed E-state index contributed by atoms with van der Waals surface area (Å²) in [6.07, 6.45) is -2.79. The zero-order chi connectivity index (χ0) is 24.5. The molecule has 2 N–H and O–H groups in total. The molecule has 0 saturated carbocycles. The average Bonchev–Trinajstić information content (AvgIpc) is 3.41. The first kappa shape index (κ1) is 23.3. The predicted molar refractivity (Wildman–Crippen MR) is 118 cm³/mol.